The average Bonchev–Trinajstić information content (AvgIpc) is 2.39. The zero-order chi connectivity index (χ0) is 14.7. The normalized spacial score (nSPS) is 10.8. The standard InChI is InChI=1S/C13H12ClN3O2S/c1-8(2)9-3-5-10(6-4-9)20-12-11(17(18)19)7-15-13(14)16-12/h3-8H,1-2H3. The fourth-order valence-electron chi connectivity index (χ4n) is 1.57. The van der Waals surface area contributed by atoms with E-state index in [9.17, 15) is 10.1 Å². The van der Waals surface area contributed by atoms with Crippen molar-refractivity contribution in [3.63, 3.8) is 0 Å². The first-order valence-corrected chi connectivity index (χ1v) is 7.11. The first kappa shape index (κ1) is 14.7. The molecule has 2 aromatic rings. The molecule has 0 spiro atoms. The van der Waals surface area contributed by atoms with Crippen molar-refractivity contribution in [3.05, 3.63) is 51.4 Å². The minimum atomic E-state index is -0.513. The second kappa shape index (κ2) is 6.19. The minimum absolute atomic E-state index is 0.00287. The van der Waals surface area contributed by atoms with E-state index in [2.05, 4.69) is 23.8 Å². The minimum Gasteiger partial charge on any atom is -0.258 e. The van der Waals surface area contributed by atoms with Crippen LogP contribution in [-0.4, -0.2) is 14.9 Å². The van der Waals surface area contributed by atoms with Gasteiger partial charge in [0.2, 0.25) is 5.28 Å². The molecule has 0 bridgehead atoms. The van der Waals surface area contributed by atoms with Crippen molar-refractivity contribution in [2.24, 2.45) is 0 Å². The van der Waals surface area contributed by atoms with Crippen LogP contribution in [0.5, 0.6) is 0 Å². The summed E-state index contributed by atoms with van der Waals surface area (Å²) in [6, 6.07) is 7.84. The van der Waals surface area contributed by atoms with E-state index >= 15 is 0 Å². The smallest absolute Gasteiger partial charge is 0.258 e. The van der Waals surface area contributed by atoms with E-state index in [1.165, 1.54) is 17.3 Å². The Hall–Kier alpha value is -1.66. The van der Waals surface area contributed by atoms with Gasteiger partial charge in [-0.3, -0.25) is 10.1 Å². The molecule has 1 aromatic carbocycles. The van der Waals surface area contributed by atoms with Crippen molar-refractivity contribution in [1.29, 1.82) is 0 Å². The zero-order valence-electron chi connectivity index (χ0n) is 10.9. The molecule has 0 fully saturated rings. The van der Waals surface area contributed by atoms with E-state index in [1.54, 1.807) is 0 Å². The van der Waals surface area contributed by atoms with Gasteiger partial charge < -0.3 is 0 Å². The Balaban J connectivity index is 2.29. The Morgan fingerprint density at radius 2 is 1.95 bits per heavy atom. The van der Waals surface area contributed by atoms with Gasteiger partial charge in [-0.1, -0.05) is 37.7 Å². The molecule has 0 saturated heterocycles. The SMILES string of the molecule is CC(C)c1ccc(Sc2nc(Cl)ncc2[N+](=O)[O-])cc1. The van der Waals surface area contributed by atoms with E-state index < -0.39 is 4.92 Å². The fourth-order valence-corrected chi connectivity index (χ4v) is 2.62. The number of halogens is 1. The number of rotatable bonds is 4. The molecular weight excluding hydrogens is 298 g/mol. The Morgan fingerprint density at radius 3 is 2.50 bits per heavy atom. The highest BCUT2D eigenvalue weighted by atomic mass is 35.5. The summed E-state index contributed by atoms with van der Waals surface area (Å²) >= 11 is 6.90. The van der Waals surface area contributed by atoms with E-state index in [1.807, 2.05) is 24.3 Å². The summed E-state index contributed by atoms with van der Waals surface area (Å²) in [6.45, 7) is 4.22. The zero-order valence-corrected chi connectivity index (χ0v) is 12.5. The number of hydrogen-bond acceptors (Lipinski definition) is 5. The Labute approximate surface area is 125 Å². The van der Waals surface area contributed by atoms with Crippen LogP contribution in [-0.2, 0) is 0 Å². The summed E-state index contributed by atoms with van der Waals surface area (Å²) in [4.78, 5) is 18.9. The lowest BCUT2D eigenvalue weighted by atomic mass is 10.0. The molecule has 1 aromatic heterocycles. The summed E-state index contributed by atoms with van der Waals surface area (Å²) in [6.07, 6.45) is 1.13. The second-order valence-corrected chi connectivity index (χ2v) is 5.81. The van der Waals surface area contributed by atoms with Crippen LogP contribution in [0.3, 0.4) is 0 Å². The molecule has 20 heavy (non-hydrogen) atoms. The van der Waals surface area contributed by atoms with Gasteiger partial charge in [0.05, 0.1) is 4.92 Å². The maximum Gasteiger partial charge on any atom is 0.319 e. The van der Waals surface area contributed by atoms with E-state index in [-0.39, 0.29) is 16.0 Å². The van der Waals surface area contributed by atoms with Crippen molar-refractivity contribution in [3.8, 4) is 0 Å². The third-order valence-electron chi connectivity index (χ3n) is 2.66. The number of hydrogen-bond donors (Lipinski definition) is 0. The number of nitrogens with zero attached hydrogens (tertiary/aromatic N) is 3. The van der Waals surface area contributed by atoms with E-state index in [4.69, 9.17) is 11.6 Å². The van der Waals surface area contributed by atoms with Crippen LogP contribution in [0.2, 0.25) is 5.28 Å². The van der Waals surface area contributed by atoms with Gasteiger partial charge in [0, 0.05) is 4.90 Å². The van der Waals surface area contributed by atoms with Gasteiger partial charge in [-0.2, -0.15) is 0 Å². The Morgan fingerprint density at radius 1 is 1.30 bits per heavy atom. The van der Waals surface area contributed by atoms with Crippen LogP contribution in [0.4, 0.5) is 5.69 Å². The van der Waals surface area contributed by atoms with Gasteiger partial charge in [-0.25, -0.2) is 9.97 Å². The quantitative estimate of drug-likeness (QED) is 0.364. The summed E-state index contributed by atoms with van der Waals surface area (Å²) in [5, 5.41) is 11.2. The van der Waals surface area contributed by atoms with Crippen molar-refractivity contribution in [2.45, 2.75) is 29.7 Å². The number of nitro groups is 1. The molecule has 1 heterocycles. The lowest BCUT2D eigenvalue weighted by Crippen LogP contribution is -1.95. The van der Waals surface area contributed by atoms with Crippen LogP contribution >= 0.6 is 23.4 Å². The van der Waals surface area contributed by atoms with E-state index in [0.29, 0.717) is 5.92 Å². The van der Waals surface area contributed by atoms with Crippen molar-refractivity contribution in [2.75, 3.05) is 0 Å². The molecular formula is C13H12ClN3O2S. The maximum atomic E-state index is 10.9. The molecule has 0 amide bonds. The first-order chi connectivity index (χ1) is 9.47. The lowest BCUT2D eigenvalue weighted by molar-refractivity contribution is -0.388. The molecule has 7 heteroatoms. The van der Waals surface area contributed by atoms with Crippen LogP contribution in [0.1, 0.15) is 25.3 Å². The summed E-state index contributed by atoms with van der Waals surface area (Å²) in [7, 11) is 0. The predicted octanol–water partition coefficient (Wildman–Crippen LogP) is 4.31. The molecule has 0 aliphatic rings. The summed E-state index contributed by atoms with van der Waals surface area (Å²) < 4.78 is 0. The van der Waals surface area contributed by atoms with Crippen molar-refractivity contribution >= 4 is 29.1 Å². The average molecular weight is 310 g/mol. The number of aromatic nitrogens is 2. The van der Waals surface area contributed by atoms with Gasteiger partial charge in [-0.05, 0) is 35.2 Å². The topological polar surface area (TPSA) is 68.9 Å². The lowest BCUT2D eigenvalue weighted by Gasteiger charge is -2.06. The van der Waals surface area contributed by atoms with Gasteiger partial charge >= 0.3 is 5.69 Å². The highest BCUT2D eigenvalue weighted by Gasteiger charge is 2.18. The van der Waals surface area contributed by atoms with Crippen LogP contribution < -0.4 is 0 Å². The monoisotopic (exact) mass is 309 g/mol. The van der Waals surface area contributed by atoms with E-state index in [0.717, 1.165) is 11.1 Å². The molecule has 0 N–H and O–H groups in total. The highest BCUT2D eigenvalue weighted by Crippen LogP contribution is 2.33. The number of benzene rings is 1. The van der Waals surface area contributed by atoms with Crippen molar-refractivity contribution < 1.29 is 4.92 Å². The molecule has 0 aliphatic carbocycles. The third-order valence-corrected chi connectivity index (χ3v) is 3.85. The predicted molar refractivity (Wildman–Crippen MR) is 78.4 cm³/mol. The van der Waals surface area contributed by atoms with Gasteiger partial charge in [-0.15, -0.1) is 0 Å². The molecule has 0 atom stereocenters. The maximum absolute atomic E-state index is 10.9. The van der Waals surface area contributed by atoms with Gasteiger partial charge in [0.1, 0.15) is 6.20 Å². The van der Waals surface area contributed by atoms with Crippen molar-refractivity contribution in [1.82, 2.24) is 9.97 Å². The fraction of sp³-hybridized carbons (Fsp3) is 0.231. The van der Waals surface area contributed by atoms with Gasteiger partial charge in [0.25, 0.3) is 0 Å². The Bertz CT molecular complexity index is 632. The molecule has 104 valence electrons. The third kappa shape index (κ3) is 3.46. The second-order valence-electron chi connectivity index (χ2n) is 4.41. The molecule has 0 saturated carbocycles. The molecule has 0 unspecified atom stereocenters. The highest BCUT2D eigenvalue weighted by molar-refractivity contribution is 7.99. The van der Waals surface area contributed by atoms with Crippen LogP contribution in [0.15, 0.2) is 40.4 Å². The molecule has 5 nitrogen and oxygen atoms in total. The van der Waals surface area contributed by atoms with Crippen LogP contribution in [0, 0.1) is 10.1 Å². The summed E-state index contributed by atoms with van der Waals surface area (Å²) in [5.41, 5.74) is 1.07. The largest absolute Gasteiger partial charge is 0.319 e. The first-order valence-electron chi connectivity index (χ1n) is 5.92. The Kier molecular flexibility index (Phi) is 4.57. The molecule has 0 radical (unpaired) electrons. The van der Waals surface area contributed by atoms with Crippen LogP contribution in [0.25, 0.3) is 0 Å². The molecule has 0 aliphatic heterocycles. The molecule has 2 rings (SSSR count). The summed E-state index contributed by atoms with van der Waals surface area (Å²) in [5.74, 6) is 0.442. The van der Waals surface area contributed by atoms with Gasteiger partial charge in [0.15, 0.2) is 5.03 Å².